The zero-order valence-corrected chi connectivity index (χ0v) is 26.9. The lowest BCUT2D eigenvalue weighted by Crippen LogP contribution is -2.41. The van der Waals surface area contributed by atoms with Crippen molar-refractivity contribution in [3.8, 4) is 0 Å². The monoisotopic (exact) mass is 550 g/mol. The molecule has 0 bridgehead atoms. The number of aromatic nitrogens is 2. The topological polar surface area (TPSA) is 50.7 Å². The van der Waals surface area contributed by atoms with E-state index in [0.717, 1.165) is 52.2 Å². The van der Waals surface area contributed by atoms with Gasteiger partial charge < -0.3 is 9.47 Å². The van der Waals surface area contributed by atoms with Crippen molar-refractivity contribution in [3.05, 3.63) is 58.2 Å². The minimum Gasteiger partial charge on any atom is -0.381 e. The molecule has 6 heteroatoms. The van der Waals surface area contributed by atoms with Gasteiger partial charge in [0.05, 0.1) is 35.7 Å². The largest absolute Gasteiger partial charge is 0.381 e. The van der Waals surface area contributed by atoms with Gasteiger partial charge in [0.15, 0.2) is 0 Å². The lowest BCUT2D eigenvalue weighted by atomic mass is 9.85. The Bertz CT molecular complexity index is 1130. The molecular formula is C34H54N4O2. The van der Waals surface area contributed by atoms with E-state index < -0.39 is 0 Å². The average Bonchev–Trinajstić information content (AvgIpc) is 3.65. The number of pyridine rings is 2. The third-order valence-electron chi connectivity index (χ3n) is 9.86. The quantitative estimate of drug-likeness (QED) is 0.308. The van der Waals surface area contributed by atoms with Gasteiger partial charge in [-0.25, -0.2) is 0 Å². The zero-order valence-electron chi connectivity index (χ0n) is 26.9. The van der Waals surface area contributed by atoms with E-state index in [9.17, 15) is 0 Å². The van der Waals surface area contributed by atoms with Gasteiger partial charge in [-0.2, -0.15) is 0 Å². The highest BCUT2D eigenvalue weighted by molar-refractivity contribution is 5.34. The number of nitrogens with zero attached hydrogens (tertiary/aromatic N) is 4. The van der Waals surface area contributed by atoms with E-state index in [-0.39, 0.29) is 11.1 Å². The van der Waals surface area contributed by atoms with E-state index in [1.165, 1.54) is 33.9 Å². The van der Waals surface area contributed by atoms with Crippen LogP contribution in [0.2, 0.25) is 0 Å². The third kappa shape index (κ3) is 6.46. The Kier molecular flexibility index (Phi) is 9.76. The van der Waals surface area contributed by atoms with Crippen molar-refractivity contribution >= 4 is 0 Å². The van der Waals surface area contributed by atoms with Crippen LogP contribution in [0.25, 0.3) is 0 Å². The molecule has 6 nitrogen and oxygen atoms in total. The van der Waals surface area contributed by atoms with Crippen molar-refractivity contribution in [2.45, 2.75) is 102 Å². The summed E-state index contributed by atoms with van der Waals surface area (Å²) in [5, 5.41) is 0. The van der Waals surface area contributed by atoms with Crippen LogP contribution in [-0.2, 0) is 20.6 Å². The lowest BCUT2D eigenvalue weighted by molar-refractivity contribution is 0.144. The zero-order chi connectivity index (χ0) is 29.2. The van der Waals surface area contributed by atoms with Gasteiger partial charge in [0.25, 0.3) is 0 Å². The Labute approximate surface area is 243 Å². The maximum atomic E-state index is 5.78. The van der Waals surface area contributed by atoms with Gasteiger partial charge in [-0.1, -0.05) is 32.9 Å². The van der Waals surface area contributed by atoms with Gasteiger partial charge in [0.2, 0.25) is 0 Å². The maximum Gasteiger partial charge on any atom is 0.0640 e. The standard InChI is InChI=1S/C34H54N4O2/c1-23(2)29-13-11-28(26-17-20-40-22-26)32(35-29)34(6,7)38(10)18-15-24(3)30-14-12-27(25-16-19-39-21-25)31(36-30)33(4,5)37(8)9/h11-14,23-26H,15-22H2,1-10H3/t24?,25?,26-/m1/s1. The molecule has 2 aromatic heterocycles. The Morgan fingerprint density at radius 3 is 1.75 bits per heavy atom. The minimum atomic E-state index is -0.194. The van der Waals surface area contributed by atoms with E-state index in [1.807, 2.05) is 0 Å². The Morgan fingerprint density at radius 2 is 1.27 bits per heavy atom. The lowest BCUT2D eigenvalue weighted by Gasteiger charge is -2.38. The summed E-state index contributed by atoms with van der Waals surface area (Å²) in [7, 11) is 6.55. The average molecular weight is 551 g/mol. The van der Waals surface area contributed by atoms with E-state index in [1.54, 1.807) is 0 Å². The summed E-state index contributed by atoms with van der Waals surface area (Å²) in [6, 6.07) is 9.15. The van der Waals surface area contributed by atoms with Gasteiger partial charge in [-0.15, -0.1) is 0 Å². The molecule has 0 amide bonds. The van der Waals surface area contributed by atoms with E-state index in [2.05, 4.69) is 104 Å². The molecule has 0 spiro atoms. The van der Waals surface area contributed by atoms with Crippen LogP contribution in [0.4, 0.5) is 0 Å². The second-order valence-corrected chi connectivity index (χ2v) is 13.7. The fourth-order valence-corrected chi connectivity index (χ4v) is 5.97. The molecule has 2 saturated heterocycles. The molecule has 222 valence electrons. The van der Waals surface area contributed by atoms with Crippen LogP contribution in [0.15, 0.2) is 24.3 Å². The predicted molar refractivity (Wildman–Crippen MR) is 164 cm³/mol. The number of hydrogen-bond acceptors (Lipinski definition) is 6. The van der Waals surface area contributed by atoms with Crippen molar-refractivity contribution in [2.75, 3.05) is 54.1 Å². The first-order chi connectivity index (χ1) is 18.8. The fourth-order valence-electron chi connectivity index (χ4n) is 5.97. The summed E-state index contributed by atoms with van der Waals surface area (Å²) in [5.41, 5.74) is 7.12. The van der Waals surface area contributed by atoms with Crippen LogP contribution in [-0.4, -0.2) is 73.9 Å². The summed E-state index contributed by atoms with van der Waals surface area (Å²) in [6.07, 6.45) is 3.19. The second kappa shape index (κ2) is 12.6. The molecule has 4 heterocycles. The molecule has 40 heavy (non-hydrogen) atoms. The molecule has 2 aliphatic rings. The smallest absolute Gasteiger partial charge is 0.0640 e. The summed E-state index contributed by atoms with van der Waals surface area (Å²) in [6.45, 7) is 20.3. The SMILES string of the molecule is CC(C)c1ccc([C@@H]2CCOC2)c(C(C)(C)N(C)CCC(C)c2ccc(C3CCOC3)c(C(C)(C)N(C)C)n2)n1. The highest BCUT2D eigenvalue weighted by Gasteiger charge is 2.35. The van der Waals surface area contributed by atoms with Crippen molar-refractivity contribution in [3.63, 3.8) is 0 Å². The third-order valence-corrected chi connectivity index (χ3v) is 9.86. The summed E-state index contributed by atoms with van der Waals surface area (Å²) >= 11 is 0. The van der Waals surface area contributed by atoms with Crippen molar-refractivity contribution in [1.29, 1.82) is 0 Å². The summed E-state index contributed by atoms with van der Waals surface area (Å²) in [4.78, 5) is 15.4. The normalized spacial score (nSPS) is 21.2. The fraction of sp³-hybridized carbons (Fsp3) is 0.706. The number of ether oxygens (including phenoxy) is 2. The number of rotatable bonds is 11. The van der Waals surface area contributed by atoms with Crippen LogP contribution in [0, 0.1) is 0 Å². The van der Waals surface area contributed by atoms with Crippen LogP contribution >= 0.6 is 0 Å². The molecule has 0 N–H and O–H groups in total. The van der Waals surface area contributed by atoms with E-state index in [4.69, 9.17) is 19.4 Å². The first-order valence-electron chi connectivity index (χ1n) is 15.4. The molecule has 2 unspecified atom stereocenters. The molecule has 0 saturated carbocycles. The molecule has 0 radical (unpaired) electrons. The van der Waals surface area contributed by atoms with Crippen molar-refractivity contribution in [2.24, 2.45) is 0 Å². The van der Waals surface area contributed by atoms with Crippen LogP contribution in [0.1, 0.15) is 125 Å². The van der Waals surface area contributed by atoms with Crippen LogP contribution in [0.5, 0.6) is 0 Å². The Balaban J connectivity index is 1.55. The Morgan fingerprint density at radius 1 is 0.775 bits per heavy atom. The number of hydrogen-bond donors (Lipinski definition) is 0. The summed E-state index contributed by atoms with van der Waals surface area (Å²) < 4.78 is 11.5. The van der Waals surface area contributed by atoms with E-state index in [0.29, 0.717) is 23.7 Å². The van der Waals surface area contributed by atoms with Gasteiger partial charge in [-0.3, -0.25) is 19.8 Å². The Hall–Kier alpha value is -1.86. The first-order valence-corrected chi connectivity index (χ1v) is 15.4. The molecular weight excluding hydrogens is 496 g/mol. The molecule has 0 aromatic carbocycles. The van der Waals surface area contributed by atoms with Gasteiger partial charge >= 0.3 is 0 Å². The predicted octanol–water partition coefficient (Wildman–Crippen LogP) is 6.77. The van der Waals surface area contributed by atoms with Gasteiger partial charge in [0, 0.05) is 36.4 Å². The van der Waals surface area contributed by atoms with Crippen molar-refractivity contribution in [1.82, 2.24) is 19.8 Å². The maximum absolute atomic E-state index is 5.78. The van der Waals surface area contributed by atoms with Gasteiger partial charge in [-0.05, 0) is 110 Å². The first kappa shape index (κ1) is 31.1. The van der Waals surface area contributed by atoms with Gasteiger partial charge in [0.1, 0.15) is 0 Å². The van der Waals surface area contributed by atoms with Crippen LogP contribution in [0.3, 0.4) is 0 Å². The molecule has 2 aliphatic heterocycles. The van der Waals surface area contributed by atoms with Crippen LogP contribution < -0.4 is 0 Å². The molecule has 3 atom stereocenters. The molecule has 0 aliphatic carbocycles. The van der Waals surface area contributed by atoms with Crippen molar-refractivity contribution < 1.29 is 9.47 Å². The van der Waals surface area contributed by atoms with E-state index >= 15 is 0 Å². The molecule has 2 aromatic rings. The highest BCUT2D eigenvalue weighted by Crippen LogP contribution is 2.38. The molecule has 2 fully saturated rings. The molecule has 4 rings (SSSR count). The summed E-state index contributed by atoms with van der Waals surface area (Å²) in [5.74, 6) is 1.62. The second-order valence-electron chi connectivity index (χ2n) is 13.7. The minimum absolute atomic E-state index is 0.153. The highest BCUT2D eigenvalue weighted by atomic mass is 16.5.